The largest absolute Gasteiger partial charge is 0.485 e. The summed E-state index contributed by atoms with van der Waals surface area (Å²) in [5.41, 5.74) is 0.786. The van der Waals surface area contributed by atoms with Crippen LogP contribution in [0, 0.1) is 6.92 Å². The van der Waals surface area contributed by atoms with Gasteiger partial charge in [-0.1, -0.05) is 23.9 Å². The number of H-pyrrole nitrogens is 1. The summed E-state index contributed by atoms with van der Waals surface area (Å²) in [6.07, 6.45) is -0.471. The lowest BCUT2D eigenvalue weighted by atomic mass is 10.2. The molecule has 1 aliphatic heterocycles. The first kappa shape index (κ1) is 20.5. The molecule has 0 fully saturated rings. The second-order valence-electron chi connectivity index (χ2n) is 7.31. The van der Waals surface area contributed by atoms with Crippen LogP contribution in [0.15, 0.2) is 56.2 Å². The summed E-state index contributed by atoms with van der Waals surface area (Å²) in [6, 6.07) is 11.5. The molecule has 5 aromatic rings. The van der Waals surface area contributed by atoms with Gasteiger partial charge in [-0.25, -0.2) is 4.98 Å². The second kappa shape index (κ2) is 8.32. The molecule has 4 aromatic heterocycles. The van der Waals surface area contributed by atoms with E-state index in [1.165, 1.54) is 28.0 Å². The fraction of sp³-hybridized carbons (Fsp3) is 0.182. The van der Waals surface area contributed by atoms with E-state index < -0.39 is 6.10 Å². The molecule has 0 radical (unpaired) electrons. The number of para-hydroxylation sites is 2. The summed E-state index contributed by atoms with van der Waals surface area (Å²) < 4.78 is 17.4. The molecule has 1 aromatic carbocycles. The van der Waals surface area contributed by atoms with Crippen molar-refractivity contribution in [3.05, 3.63) is 68.7 Å². The normalized spacial score (nSPS) is 15.2. The number of benzene rings is 1. The van der Waals surface area contributed by atoms with E-state index in [0.717, 1.165) is 10.4 Å². The van der Waals surface area contributed by atoms with Gasteiger partial charge in [0.25, 0.3) is 16.7 Å². The van der Waals surface area contributed by atoms with Crippen LogP contribution >= 0.6 is 34.4 Å². The molecule has 0 aliphatic carbocycles. The first-order valence-corrected chi connectivity index (χ1v) is 12.7. The van der Waals surface area contributed by atoms with Crippen molar-refractivity contribution in [3.8, 4) is 21.9 Å². The van der Waals surface area contributed by atoms with Gasteiger partial charge in [-0.2, -0.15) is 0 Å². The maximum Gasteiger partial charge on any atom is 0.277 e. The number of hydrogen-bond donors (Lipinski definition) is 1. The van der Waals surface area contributed by atoms with Gasteiger partial charge < -0.3 is 18.9 Å². The Labute approximate surface area is 199 Å². The second-order valence-corrected chi connectivity index (χ2v) is 10.4. The minimum Gasteiger partial charge on any atom is -0.485 e. The number of nitrogens with one attached hydrogen (secondary N) is 1. The van der Waals surface area contributed by atoms with Crippen LogP contribution in [0.4, 0.5) is 0 Å². The van der Waals surface area contributed by atoms with E-state index in [9.17, 15) is 4.79 Å². The minimum absolute atomic E-state index is 0.143. The number of nitrogens with zero attached hydrogens (tertiary/aromatic N) is 3. The number of hydrogen-bond acceptors (Lipinski definition) is 10. The third kappa shape index (κ3) is 3.92. The Balaban J connectivity index is 1.18. The van der Waals surface area contributed by atoms with E-state index in [4.69, 9.17) is 13.9 Å². The molecule has 8 nitrogen and oxygen atoms in total. The van der Waals surface area contributed by atoms with E-state index in [-0.39, 0.29) is 5.56 Å². The van der Waals surface area contributed by atoms with Gasteiger partial charge in [0.2, 0.25) is 6.10 Å². The molecule has 0 spiro atoms. The average molecular weight is 497 g/mol. The third-order valence-electron chi connectivity index (χ3n) is 5.04. The molecule has 1 unspecified atom stereocenters. The molecule has 6 rings (SSSR count). The van der Waals surface area contributed by atoms with Crippen molar-refractivity contribution in [2.24, 2.45) is 0 Å². The topological polar surface area (TPSA) is 103 Å². The molecule has 33 heavy (non-hydrogen) atoms. The summed E-state index contributed by atoms with van der Waals surface area (Å²) in [5.74, 6) is 2.63. The van der Waals surface area contributed by atoms with E-state index in [0.29, 0.717) is 51.0 Å². The van der Waals surface area contributed by atoms with E-state index in [1.807, 2.05) is 35.7 Å². The lowest BCUT2D eigenvalue weighted by Gasteiger charge is -2.23. The third-order valence-corrected chi connectivity index (χ3v) is 7.77. The number of rotatable bonds is 5. The lowest BCUT2D eigenvalue weighted by molar-refractivity contribution is 0.0686. The van der Waals surface area contributed by atoms with E-state index >= 15 is 0 Å². The summed E-state index contributed by atoms with van der Waals surface area (Å²) in [4.78, 5) is 23.3. The molecule has 0 bridgehead atoms. The fourth-order valence-corrected chi connectivity index (χ4v) is 6.06. The van der Waals surface area contributed by atoms with Crippen LogP contribution in [0.2, 0.25) is 0 Å². The maximum atomic E-state index is 12.8. The van der Waals surface area contributed by atoms with Crippen molar-refractivity contribution in [1.82, 2.24) is 20.2 Å². The van der Waals surface area contributed by atoms with E-state index in [1.54, 1.807) is 11.3 Å². The van der Waals surface area contributed by atoms with Crippen LogP contribution in [0.1, 0.15) is 22.7 Å². The summed E-state index contributed by atoms with van der Waals surface area (Å²) >= 11 is 4.44. The van der Waals surface area contributed by atoms with Crippen molar-refractivity contribution >= 4 is 44.7 Å². The standard InChI is InChI=1S/C22H16N4O4S3/c1-11-6-7-16(33-11)12-9-31-21-18(12)19(27)23-17(24-21)10-32-22-26-25-20(30-22)15-8-28-13-4-2-3-5-14(13)29-15/h2-7,9,15H,8,10H2,1H3,(H,23,24,27). The van der Waals surface area contributed by atoms with Crippen LogP contribution in [-0.4, -0.2) is 26.8 Å². The number of aromatic amines is 1. The Kier molecular flexibility index (Phi) is 5.16. The zero-order chi connectivity index (χ0) is 22.4. The lowest BCUT2D eigenvalue weighted by Crippen LogP contribution is -2.21. The molecule has 166 valence electrons. The molecule has 5 heterocycles. The van der Waals surface area contributed by atoms with Crippen LogP contribution in [0.3, 0.4) is 0 Å². The molecule has 0 saturated heterocycles. The van der Waals surface area contributed by atoms with Gasteiger partial charge in [0.15, 0.2) is 11.5 Å². The van der Waals surface area contributed by atoms with Gasteiger partial charge in [-0.05, 0) is 31.2 Å². The minimum atomic E-state index is -0.471. The Morgan fingerprint density at radius 2 is 2.06 bits per heavy atom. The highest BCUT2D eigenvalue weighted by Crippen LogP contribution is 2.37. The first-order chi connectivity index (χ1) is 16.1. The number of thioether (sulfide) groups is 1. The van der Waals surface area contributed by atoms with Crippen LogP contribution in [-0.2, 0) is 5.75 Å². The molecule has 0 saturated carbocycles. The predicted molar refractivity (Wildman–Crippen MR) is 127 cm³/mol. The number of aromatic nitrogens is 4. The van der Waals surface area contributed by atoms with Gasteiger partial charge >= 0.3 is 0 Å². The van der Waals surface area contributed by atoms with Gasteiger partial charge in [0, 0.05) is 20.7 Å². The Morgan fingerprint density at radius 1 is 1.18 bits per heavy atom. The predicted octanol–water partition coefficient (Wildman–Crippen LogP) is 5.21. The Morgan fingerprint density at radius 3 is 2.91 bits per heavy atom. The smallest absolute Gasteiger partial charge is 0.277 e. The Bertz CT molecular complexity index is 1520. The van der Waals surface area contributed by atoms with Crippen LogP contribution in [0.25, 0.3) is 20.7 Å². The molecular weight excluding hydrogens is 480 g/mol. The quantitative estimate of drug-likeness (QED) is 0.331. The monoisotopic (exact) mass is 496 g/mol. The summed E-state index contributed by atoms with van der Waals surface area (Å²) in [6.45, 7) is 2.34. The van der Waals surface area contributed by atoms with Crippen molar-refractivity contribution in [2.45, 2.75) is 24.0 Å². The molecular formula is C22H16N4O4S3. The zero-order valence-electron chi connectivity index (χ0n) is 17.2. The fourth-order valence-electron chi connectivity index (χ4n) is 3.50. The molecule has 1 N–H and O–H groups in total. The average Bonchev–Trinajstić information content (AvgIpc) is 3.57. The number of fused-ring (bicyclic) bond motifs is 2. The highest BCUT2D eigenvalue weighted by atomic mass is 32.2. The van der Waals surface area contributed by atoms with Gasteiger partial charge in [0.05, 0.1) is 11.1 Å². The van der Waals surface area contributed by atoms with Crippen molar-refractivity contribution in [2.75, 3.05) is 6.61 Å². The van der Waals surface area contributed by atoms with Gasteiger partial charge in [-0.3, -0.25) is 4.79 Å². The van der Waals surface area contributed by atoms with Crippen molar-refractivity contribution in [3.63, 3.8) is 0 Å². The number of thiophene rings is 2. The summed E-state index contributed by atoms with van der Waals surface area (Å²) in [7, 11) is 0. The Hall–Kier alpha value is -3.15. The van der Waals surface area contributed by atoms with Crippen molar-refractivity contribution in [1.29, 1.82) is 0 Å². The molecule has 0 amide bonds. The maximum absolute atomic E-state index is 12.8. The number of aryl methyl sites for hydroxylation is 1. The first-order valence-electron chi connectivity index (χ1n) is 10.1. The molecule has 11 heteroatoms. The van der Waals surface area contributed by atoms with Gasteiger partial charge in [-0.15, -0.1) is 32.9 Å². The van der Waals surface area contributed by atoms with Gasteiger partial charge in [0.1, 0.15) is 17.3 Å². The molecule has 1 aliphatic rings. The highest BCUT2D eigenvalue weighted by Gasteiger charge is 2.27. The highest BCUT2D eigenvalue weighted by molar-refractivity contribution is 7.98. The number of ether oxygens (including phenoxy) is 2. The van der Waals surface area contributed by atoms with Crippen LogP contribution in [0.5, 0.6) is 11.5 Å². The van der Waals surface area contributed by atoms with Crippen LogP contribution < -0.4 is 15.0 Å². The molecule has 1 atom stereocenters. The zero-order valence-corrected chi connectivity index (χ0v) is 19.7. The SMILES string of the molecule is Cc1ccc(-c2csc3nc(CSc4nnc(C5COc6ccccc6O5)o4)[nH]c(=O)c23)s1. The van der Waals surface area contributed by atoms with E-state index in [2.05, 4.69) is 33.2 Å². The summed E-state index contributed by atoms with van der Waals surface area (Å²) in [5, 5.41) is 11.2. The van der Waals surface area contributed by atoms with Crippen molar-refractivity contribution < 1.29 is 13.9 Å².